The number of nitrogens with zero attached hydrogens (tertiary/aromatic N) is 1. The number of rotatable bonds is 8. The number of benzene rings is 3. The van der Waals surface area contributed by atoms with Gasteiger partial charge < -0.3 is 4.74 Å². The highest BCUT2D eigenvalue weighted by Crippen LogP contribution is 2.34. The van der Waals surface area contributed by atoms with Gasteiger partial charge in [-0.2, -0.15) is 0 Å². The van der Waals surface area contributed by atoms with E-state index in [0.717, 1.165) is 5.56 Å². The topological polar surface area (TPSA) is 114 Å². The fourth-order valence-corrected chi connectivity index (χ4v) is 6.30. The monoisotopic (exact) mass is 607 g/mol. The number of methoxy groups -OCH3 is 1. The minimum atomic E-state index is -4.20. The maximum Gasteiger partial charge on any atom is 0.265 e. The second-order valence-electron chi connectivity index (χ2n) is 7.46. The number of pyridine rings is 1. The SMILES string of the molecule is COc1ccc(Br)cc1S(=O)(=O)Nc1cc(-c2ccncc2)ccc1NS(=O)(=O)c1ccc(Cl)cc1. The average molecular weight is 609 g/mol. The maximum atomic E-state index is 13.4. The lowest BCUT2D eigenvalue weighted by Crippen LogP contribution is -2.18. The minimum Gasteiger partial charge on any atom is -0.495 e. The van der Waals surface area contributed by atoms with E-state index in [1.807, 2.05) is 0 Å². The Kier molecular flexibility index (Phi) is 7.55. The molecule has 1 aromatic heterocycles. The number of hydrogen-bond acceptors (Lipinski definition) is 6. The van der Waals surface area contributed by atoms with Crippen LogP contribution in [0, 0.1) is 0 Å². The summed E-state index contributed by atoms with van der Waals surface area (Å²) in [6.45, 7) is 0. The van der Waals surface area contributed by atoms with Gasteiger partial charge in [0.1, 0.15) is 10.6 Å². The van der Waals surface area contributed by atoms with Gasteiger partial charge in [0.25, 0.3) is 20.0 Å². The van der Waals surface area contributed by atoms with Crippen LogP contribution in [0.25, 0.3) is 11.1 Å². The first-order valence-corrected chi connectivity index (χ1v) is 14.4. The van der Waals surface area contributed by atoms with E-state index in [1.54, 1.807) is 36.7 Å². The van der Waals surface area contributed by atoms with Crippen LogP contribution in [0.2, 0.25) is 5.02 Å². The Morgan fingerprint density at radius 3 is 2.11 bits per heavy atom. The van der Waals surface area contributed by atoms with Gasteiger partial charge in [0.05, 0.1) is 23.4 Å². The normalized spacial score (nSPS) is 11.6. The number of sulfonamides is 2. The summed E-state index contributed by atoms with van der Waals surface area (Å²) in [7, 11) is -6.89. The number of hydrogen-bond donors (Lipinski definition) is 2. The van der Waals surface area contributed by atoms with Gasteiger partial charge in [-0.3, -0.25) is 14.4 Å². The van der Waals surface area contributed by atoms with Crippen molar-refractivity contribution in [3.8, 4) is 16.9 Å². The van der Waals surface area contributed by atoms with Crippen molar-refractivity contribution in [2.45, 2.75) is 9.79 Å². The lowest BCUT2D eigenvalue weighted by Gasteiger charge is -2.17. The molecule has 0 unspecified atom stereocenters. The number of halogens is 2. The molecule has 0 fully saturated rings. The van der Waals surface area contributed by atoms with Crippen LogP contribution in [0.1, 0.15) is 0 Å². The van der Waals surface area contributed by atoms with Crippen LogP contribution >= 0.6 is 27.5 Å². The van der Waals surface area contributed by atoms with E-state index in [1.165, 1.54) is 55.6 Å². The first kappa shape index (κ1) is 26.0. The third kappa shape index (κ3) is 5.81. The predicted octanol–water partition coefficient (Wildman–Crippen LogP) is 5.77. The molecule has 4 rings (SSSR count). The van der Waals surface area contributed by atoms with Crippen molar-refractivity contribution in [3.63, 3.8) is 0 Å². The van der Waals surface area contributed by atoms with E-state index >= 15 is 0 Å². The molecular weight excluding hydrogens is 590 g/mol. The van der Waals surface area contributed by atoms with Gasteiger partial charge in [0.15, 0.2) is 0 Å². The molecule has 8 nitrogen and oxygen atoms in total. The van der Waals surface area contributed by atoms with E-state index in [9.17, 15) is 16.8 Å². The summed E-state index contributed by atoms with van der Waals surface area (Å²) in [6.07, 6.45) is 3.20. The van der Waals surface area contributed by atoms with Crippen LogP contribution < -0.4 is 14.2 Å². The van der Waals surface area contributed by atoms with Crippen LogP contribution in [0.4, 0.5) is 11.4 Å². The van der Waals surface area contributed by atoms with Crippen molar-refractivity contribution in [1.29, 1.82) is 0 Å². The molecule has 3 aromatic carbocycles. The number of anilines is 2. The van der Waals surface area contributed by atoms with Gasteiger partial charge in [-0.15, -0.1) is 0 Å². The van der Waals surface area contributed by atoms with Crippen LogP contribution in [0.5, 0.6) is 5.75 Å². The van der Waals surface area contributed by atoms with Crippen molar-refractivity contribution in [1.82, 2.24) is 4.98 Å². The van der Waals surface area contributed by atoms with E-state index < -0.39 is 20.0 Å². The molecule has 0 aliphatic heterocycles. The van der Waals surface area contributed by atoms with Crippen molar-refractivity contribution in [2.75, 3.05) is 16.6 Å². The molecule has 0 aliphatic carbocycles. The molecule has 36 heavy (non-hydrogen) atoms. The van der Waals surface area contributed by atoms with Crippen molar-refractivity contribution < 1.29 is 21.6 Å². The molecule has 0 spiro atoms. The average Bonchev–Trinajstić information content (AvgIpc) is 2.85. The summed E-state index contributed by atoms with van der Waals surface area (Å²) in [5, 5.41) is 0.382. The second-order valence-corrected chi connectivity index (χ2v) is 12.1. The largest absolute Gasteiger partial charge is 0.495 e. The summed E-state index contributed by atoms with van der Waals surface area (Å²) < 4.78 is 63.6. The standard InChI is InChI=1S/C24H19BrClN3O5S2/c1-34-23-9-3-18(25)15-24(23)36(32,33)29-22-14-17(16-10-12-27-13-11-16)2-8-21(22)28-35(30,31)20-6-4-19(26)5-7-20/h2-15,28-29H,1H3. The molecule has 1 heterocycles. The first-order valence-electron chi connectivity index (χ1n) is 10.3. The van der Waals surface area contributed by atoms with Crippen LogP contribution in [-0.4, -0.2) is 28.9 Å². The highest BCUT2D eigenvalue weighted by molar-refractivity contribution is 9.10. The van der Waals surface area contributed by atoms with Crippen molar-refractivity contribution in [2.24, 2.45) is 0 Å². The van der Waals surface area contributed by atoms with Crippen LogP contribution in [0.15, 0.2) is 99.5 Å². The third-order valence-electron chi connectivity index (χ3n) is 5.06. The van der Waals surface area contributed by atoms with Crippen LogP contribution in [0.3, 0.4) is 0 Å². The Hall–Kier alpha value is -3.12. The van der Waals surface area contributed by atoms with Gasteiger partial charge >= 0.3 is 0 Å². The zero-order chi connectivity index (χ0) is 25.9. The molecule has 2 N–H and O–H groups in total. The van der Waals surface area contributed by atoms with E-state index in [4.69, 9.17) is 16.3 Å². The molecule has 0 atom stereocenters. The number of nitrogens with one attached hydrogen (secondary N) is 2. The molecule has 0 saturated heterocycles. The highest BCUT2D eigenvalue weighted by atomic mass is 79.9. The Morgan fingerprint density at radius 1 is 0.778 bits per heavy atom. The van der Waals surface area contributed by atoms with E-state index in [-0.39, 0.29) is 26.9 Å². The Balaban J connectivity index is 1.80. The molecule has 0 aliphatic rings. The number of aromatic nitrogens is 1. The molecule has 12 heteroatoms. The Morgan fingerprint density at radius 2 is 1.44 bits per heavy atom. The van der Waals surface area contributed by atoms with Gasteiger partial charge in [-0.05, 0) is 77.9 Å². The second kappa shape index (κ2) is 10.5. The zero-order valence-corrected chi connectivity index (χ0v) is 22.6. The van der Waals surface area contributed by atoms with Crippen molar-refractivity contribution >= 4 is 59.0 Å². The summed E-state index contributed by atoms with van der Waals surface area (Å²) in [4.78, 5) is 3.84. The van der Waals surface area contributed by atoms with Gasteiger partial charge in [0.2, 0.25) is 0 Å². The lowest BCUT2D eigenvalue weighted by molar-refractivity contribution is 0.403. The summed E-state index contributed by atoms with van der Waals surface area (Å²) in [6, 6.07) is 18.4. The molecule has 0 saturated carbocycles. The Labute approximate surface area is 222 Å². The molecule has 0 amide bonds. The van der Waals surface area contributed by atoms with Crippen molar-refractivity contribution in [3.05, 3.63) is 94.7 Å². The molecule has 186 valence electrons. The van der Waals surface area contributed by atoms with E-state index in [2.05, 4.69) is 30.4 Å². The third-order valence-corrected chi connectivity index (χ3v) is 8.57. The summed E-state index contributed by atoms with van der Waals surface area (Å²) in [5.74, 6) is 0.124. The smallest absolute Gasteiger partial charge is 0.265 e. The molecular formula is C24H19BrClN3O5S2. The van der Waals surface area contributed by atoms with E-state index in [0.29, 0.717) is 15.1 Å². The fourth-order valence-electron chi connectivity index (χ4n) is 3.32. The van der Waals surface area contributed by atoms with Crippen LogP contribution in [-0.2, 0) is 20.0 Å². The quantitative estimate of drug-likeness (QED) is 0.262. The first-order chi connectivity index (χ1) is 17.1. The highest BCUT2D eigenvalue weighted by Gasteiger charge is 2.23. The van der Waals surface area contributed by atoms with Gasteiger partial charge in [-0.1, -0.05) is 33.6 Å². The zero-order valence-electron chi connectivity index (χ0n) is 18.6. The van der Waals surface area contributed by atoms with Gasteiger partial charge in [0, 0.05) is 21.9 Å². The number of ether oxygens (including phenoxy) is 1. The predicted molar refractivity (Wildman–Crippen MR) is 143 cm³/mol. The summed E-state index contributed by atoms with van der Waals surface area (Å²) >= 11 is 9.16. The minimum absolute atomic E-state index is 0.0175. The lowest BCUT2D eigenvalue weighted by atomic mass is 10.1. The Bertz CT molecular complexity index is 1620. The van der Waals surface area contributed by atoms with Gasteiger partial charge in [-0.25, -0.2) is 16.8 Å². The summed E-state index contributed by atoms with van der Waals surface area (Å²) in [5.41, 5.74) is 1.45. The molecule has 0 bridgehead atoms. The molecule has 0 radical (unpaired) electrons. The maximum absolute atomic E-state index is 13.4. The fraction of sp³-hybridized carbons (Fsp3) is 0.0417. The molecule has 4 aromatic rings.